The van der Waals surface area contributed by atoms with E-state index in [-0.39, 0.29) is 5.78 Å². The van der Waals surface area contributed by atoms with Gasteiger partial charge in [-0.05, 0) is 40.8 Å². The summed E-state index contributed by atoms with van der Waals surface area (Å²) < 4.78 is 5.80. The molecule has 0 bridgehead atoms. The van der Waals surface area contributed by atoms with Crippen molar-refractivity contribution in [2.45, 2.75) is 6.61 Å². The van der Waals surface area contributed by atoms with E-state index in [1.807, 2.05) is 78.2 Å². The van der Waals surface area contributed by atoms with Crippen LogP contribution < -0.4 is 4.74 Å². The number of ether oxygens (including phenoxy) is 1. The van der Waals surface area contributed by atoms with E-state index in [2.05, 4.69) is 0 Å². The van der Waals surface area contributed by atoms with Crippen molar-refractivity contribution in [3.05, 3.63) is 94.2 Å². The van der Waals surface area contributed by atoms with Crippen molar-refractivity contribution in [3.8, 4) is 5.75 Å². The van der Waals surface area contributed by atoms with Gasteiger partial charge in [0.25, 0.3) is 0 Å². The lowest BCUT2D eigenvalue weighted by atomic mass is 10.1. The molecule has 2 aromatic carbocycles. The fourth-order valence-electron chi connectivity index (χ4n) is 2.12. The van der Waals surface area contributed by atoms with Gasteiger partial charge in [0.05, 0.1) is 4.88 Å². The molecule has 0 amide bonds. The van der Waals surface area contributed by atoms with E-state index in [4.69, 9.17) is 4.74 Å². The maximum Gasteiger partial charge on any atom is 0.195 e. The minimum atomic E-state index is 0.0237. The van der Waals surface area contributed by atoms with Gasteiger partial charge in [0.15, 0.2) is 5.78 Å². The van der Waals surface area contributed by atoms with Gasteiger partial charge in [0, 0.05) is 0 Å². The van der Waals surface area contributed by atoms with Crippen molar-refractivity contribution in [3.63, 3.8) is 0 Å². The molecule has 1 aromatic heterocycles. The van der Waals surface area contributed by atoms with Crippen molar-refractivity contribution in [1.29, 1.82) is 0 Å². The molecule has 3 aromatic rings. The van der Waals surface area contributed by atoms with Gasteiger partial charge < -0.3 is 4.74 Å². The summed E-state index contributed by atoms with van der Waals surface area (Å²) in [5.41, 5.74) is 2.07. The van der Waals surface area contributed by atoms with Crippen LogP contribution in [0, 0.1) is 0 Å². The maximum atomic E-state index is 12.0. The van der Waals surface area contributed by atoms with Crippen molar-refractivity contribution >= 4 is 23.2 Å². The van der Waals surface area contributed by atoms with Crippen LogP contribution in [0.3, 0.4) is 0 Å². The lowest BCUT2D eigenvalue weighted by molar-refractivity contribution is 0.105. The van der Waals surface area contributed by atoms with Crippen LogP contribution in [0.15, 0.2) is 78.2 Å². The summed E-state index contributed by atoms with van der Waals surface area (Å²) in [5, 5.41) is 1.90. The third-order valence-corrected chi connectivity index (χ3v) is 4.18. The van der Waals surface area contributed by atoms with Gasteiger partial charge >= 0.3 is 0 Å². The second-order valence-corrected chi connectivity index (χ2v) is 5.97. The zero-order valence-electron chi connectivity index (χ0n) is 12.5. The minimum absolute atomic E-state index is 0.0237. The predicted molar refractivity (Wildman–Crippen MR) is 94.9 cm³/mol. The molecule has 0 saturated carbocycles. The van der Waals surface area contributed by atoms with Crippen molar-refractivity contribution in [1.82, 2.24) is 0 Å². The fourth-order valence-corrected chi connectivity index (χ4v) is 2.77. The fraction of sp³-hybridized carbons (Fsp3) is 0.0500. The molecule has 0 atom stereocenters. The highest BCUT2D eigenvalue weighted by Gasteiger charge is 2.02. The van der Waals surface area contributed by atoms with Gasteiger partial charge in [-0.25, -0.2) is 0 Å². The third kappa shape index (κ3) is 4.41. The first-order valence-electron chi connectivity index (χ1n) is 7.34. The molecule has 114 valence electrons. The van der Waals surface area contributed by atoms with Crippen molar-refractivity contribution in [2.75, 3.05) is 0 Å². The highest BCUT2D eigenvalue weighted by Crippen LogP contribution is 2.17. The third-order valence-electron chi connectivity index (χ3n) is 3.30. The molecule has 0 saturated heterocycles. The van der Waals surface area contributed by atoms with Crippen LogP contribution in [0.5, 0.6) is 5.75 Å². The maximum absolute atomic E-state index is 12.0. The second-order valence-electron chi connectivity index (χ2n) is 5.02. The van der Waals surface area contributed by atoms with Gasteiger partial charge in [0.1, 0.15) is 12.4 Å². The lowest BCUT2D eigenvalue weighted by Gasteiger charge is -2.06. The number of thiophene rings is 1. The van der Waals surface area contributed by atoms with Crippen LogP contribution >= 0.6 is 11.3 Å². The van der Waals surface area contributed by atoms with Crippen LogP contribution in [0.1, 0.15) is 20.8 Å². The van der Waals surface area contributed by atoms with Crippen LogP contribution in [0.2, 0.25) is 0 Å². The summed E-state index contributed by atoms with van der Waals surface area (Å²) in [5.74, 6) is 0.815. The molecule has 0 unspecified atom stereocenters. The summed E-state index contributed by atoms with van der Waals surface area (Å²) in [4.78, 5) is 12.7. The van der Waals surface area contributed by atoms with E-state index < -0.39 is 0 Å². The first-order chi connectivity index (χ1) is 11.3. The first kappa shape index (κ1) is 15.3. The number of carbonyl (C=O) groups is 1. The summed E-state index contributed by atoms with van der Waals surface area (Å²) in [6.45, 7) is 0.530. The molecule has 0 aliphatic rings. The average molecular weight is 320 g/mol. The molecule has 1 heterocycles. The minimum Gasteiger partial charge on any atom is -0.489 e. The Morgan fingerprint density at radius 2 is 1.87 bits per heavy atom. The molecule has 23 heavy (non-hydrogen) atoms. The topological polar surface area (TPSA) is 26.3 Å². The predicted octanol–water partition coefficient (Wildman–Crippen LogP) is 5.22. The number of benzene rings is 2. The normalized spacial score (nSPS) is 10.8. The van der Waals surface area contributed by atoms with E-state index in [1.54, 1.807) is 6.08 Å². The number of ketones is 1. The SMILES string of the molecule is O=C(/C=C/c1cccc(OCc2ccccc2)c1)c1cccs1. The number of carbonyl (C=O) groups excluding carboxylic acids is 1. The van der Waals surface area contributed by atoms with Gasteiger partial charge in [-0.3, -0.25) is 4.79 Å². The summed E-state index contributed by atoms with van der Waals surface area (Å²) in [6.07, 6.45) is 3.42. The van der Waals surface area contributed by atoms with Crippen molar-refractivity contribution in [2.24, 2.45) is 0 Å². The molecule has 0 N–H and O–H groups in total. The second kappa shape index (κ2) is 7.56. The molecule has 3 heteroatoms. The molecule has 0 spiro atoms. The van der Waals surface area contributed by atoms with E-state index in [0.717, 1.165) is 21.8 Å². The molecule has 2 nitrogen and oxygen atoms in total. The van der Waals surface area contributed by atoms with Crippen LogP contribution in [-0.4, -0.2) is 5.78 Å². The number of hydrogen-bond acceptors (Lipinski definition) is 3. The molecule has 0 aliphatic carbocycles. The molecule has 0 fully saturated rings. The standard InChI is InChI=1S/C20H16O2S/c21-19(20-10-5-13-23-20)12-11-16-8-4-9-18(14-16)22-15-17-6-2-1-3-7-17/h1-14H,15H2/b12-11+. The Bertz CT molecular complexity index is 790. The van der Waals surface area contributed by atoms with Gasteiger partial charge in [-0.1, -0.05) is 54.6 Å². The Labute approximate surface area is 139 Å². The Morgan fingerprint density at radius 3 is 2.65 bits per heavy atom. The average Bonchev–Trinajstić information content (AvgIpc) is 3.14. The zero-order chi connectivity index (χ0) is 15.9. The lowest BCUT2D eigenvalue weighted by Crippen LogP contribution is -1.95. The molecular weight excluding hydrogens is 304 g/mol. The number of allylic oxidation sites excluding steroid dienone is 1. The Kier molecular flexibility index (Phi) is 5.02. The summed E-state index contributed by atoms with van der Waals surface area (Å²) in [7, 11) is 0. The van der Waals surface area contributed by atoms with Gasteiger partial charge in [0.2, 0.25) is 0 Å². The van der Waals surface area contributed by atoms with E-state index >= 15 is 0 Å². The number of hydrogen-bond donors (Lipinski definition) is 0. The molecule has 3 rings (SSSR count). The number of rotatable bonds is 6. The smallest absolute Gasteiger partial charge is 0.195 e. The Balaban J connectivity index is 1.64. The monoisotopic (exact) mass is 320 g/mol. The first-order valence-corrected chi connectivity index (χ1v) is 8.22. The Morgan fingerprint density at radius 1 is 1.00 bits per heavy atom. The quantitative estimate of drug-likeness (QED) is 0.459. The van der Waals surface area contributed by atoms with Gasteiger partial charge in [-0.2, -0.15) is 0 Å². The van der Waals surface area contributed by atoms with Crippen molar-refractivity contribution < 1.29 is 9.53 Å². The van der Waals surface area contributed by atoms with E-state index in [0.29, 0.717) is 6.61 Å². The molecular formula is C20H16O2S. The van der Waals surface area contributed by atoms with Crippen LogP contribution in [0.25, 0.3) is 6.08 Å². The summed E-state index contributed by atoms with van der Waals surface area (Å²) >= 11 is 1.45. The van der Waals surface area contributed by atoms with E-state index in [1.165, 1.54) is 11.3 Å². The highest BCUT2D eigenvalue weighted by atomic mass is 32.1. The Hall–Kier alpha value is -2.65. The zero-order valence-corrected chi connectivity index (χ0v) is 13.3. The van der Waals surface area contributed by atoms with Crippen LogP contribution in [-0.2, 0) is 6.61 Å². The highest BCUT2D eigenvalue weighted by molar-refractivity contribution is 7.12. The van der Waals surface area contributed by atoms with Crippen LogP contribution in [0.4, 0.5) is 0 Å². The van der Waals surface area contributed by atoms with E-state index in [9.17, 15) is 4.79 Å². The molecule has 0 radical (unpaired) electrons. The van der Waals surface area contributed by atoms with Gasteiger partial charge in [-0.15, -0.1) is 11.3 Å². The molecule has 0 aliphatic heterocycles. The largest absolute Gasteiger partial charge is 0.489 e. The summed E-state index contributed by atoms with van der Waals surface area (Å²) in [6, 6.07) is 21.5.